The summed E-state index contributed by atoms with van der Waals surface area (Å²) in [6, 6.07) is 15.7. The summed E-state index contributed by atoms with van der Waals surface area (Å²) in [4.78, 5) is 2.65. The van der Waals surface area contributed by atoms with Crippen molar-refractivity contribution in [1.29, 1.82) is 0 Å². The van der Waals surface area contributed by atoms with Crippen LogP contribution in [0.5, 0.6) is 5.75 Å². The van der Waals surface area contributed by atoms with Crippen molar-refractivity contribution in [1.82, 2.24) is 4.90 Å². The molecule has 150 valence electrons. The Morgan fingerprint density at radius 1 is 1.14 bits per heavy atom. The maximum atomic E-state index is 5.88. The van der Waals surface area contributed by atoms with E-state index in [1.807, 2.05) is 0 Å². The summed E-state index contributed by atoms with van der Waals surface area (Å²) in [5.41, 5.74) is 4.18. The zero-order valence-electron chi connectivity index (χ0n) is 17.0. The van der Waals surface area contributed by atoms with E-state index in [0.717, 1.165) is 31.1 Å². The first-order valence-electron chi connectivity index (χ1n) is 10.6. The van der Waals surface area contributed by atoms with Crippen molar-refractivity contribution < 1.29 is 4.74 Å². The van der Waals surface area contributed by atoms with Gasteiger partial charge in [0, 0.05) is 22.7 Å². The number of para-hydroxylation sites is 1. The molecule has 1 unspecified atom stereocenters. The molecule has 4 rings (SSSR count). The topological polar surface area (TPSA) is 24.5 Å². The third-order valence-electron chi connectivity index (χ3n) is 5.93. The number of ether oxygens (including phenoxy) is 1. The summed E-state index contributed by atoms with van der Waals surface area (Å²) in [5.74, 6) is 1.74. The fourth-order valence-electron chi connectivity index (χ4n) is 4.53. The number of anilines is 1. The van der Waals surface area contributed by atoms with Crippen molar-refractivity contribution in [2.24, 2.45) is 5.92 Å². The van der Waals surface area contributed by atoms with Crippen LogP contribution in [-0.4, -0.2) is 36.7 Å². The maximum Gasteiger partial charge on any atom is 0.120 e. The van der Waals surface area contributed by atoms with Crippen molar-refractivity contribution in [3.8, 4) is 5.75 Å². The molecule has 0 spiro atoms. The normalized spacial score (nSPS) is 20.2. The molecule has 1 N–H and O–H groups in total. The molecule has 1 saturated heterocycles. The van der Waals surface area contributed by atoms with E-state index in [1.165, 1.54) is 47.2 Å². The Hall–Kier alpha value is -1.52. The van der Waals surface area contributed by atoms with Gasteiger partial charge in [-0.2, -0.15) is 0 Å². The lowest BCUT2D eigenvalue weighted by atomic mass is 9.90. The highest BCUT2D eigenvalue weighted by molar-refractivity contribution is 9.10. The summed E-state index contributed by atoms with van der Waals surface area (Å²) < 4.78 is 7.09. The first-order chi connectivity index (χ1) is 13.6. The molecule has 1 fully saturated rings. The highest BCUT2D eigenvalue weighted by atomic mass is 79.9. The number of hydrogen-bond donors (Lipinski definition) is 1. The van der Waals surface area contributed by atoms with E-state index in [4.69, 9.17) is 4.74 Å². The van der Waals surface area contributed by atoms with Gasteiger partial charge >= 0.3 is 0 Å². The molecule has 2 heterocycles. The van der Waals surface area contributed by atoms with Gasteiger partial charge in [0.25, 0.3) is 0 Å². The summed E-state index contributed by atoms with van der Waals surface area (Å²) in [6.45, 7) is 7.73. The smallest absolute Gasteiger partial charge is 0.120 e. The summed E-state index contributed by atoms with van der Waals surface area (Å²) >= 11 is 3.73. The van der Waals surface area contributed by atoms with Gasteiger partial charge in [0.15, 0.2) is 0 Å². The Bertz CT molecular complexity index is 774. The minimum atomic E-state index is 0.215. The van der Waals surface area contributed by atoms with Crippen LogP contribution in [0.2, 0.25) is 0 Å². The Labute approximate surface area is 177 Å². The molecule has 2 aromatic rings. The molecule has 0 bridgehead atoms. The second-order valence-electron chi connectivity index (χ2n) is 8.57. The molecule has 0 aromatic heterocycles. The van der Waals surface area contributed by atoms with Gasteiger partial charge in [-0.3, -0.25) is 0 Å². The van der Waals surface area contributed by atoms with Crippen LogP contribution in [0.1, 0.15) is 37.8 Å². The third-order valence-corrected chi connectivity index (χ3v) is 6.70. The fraction of sp³-hybridized carbons (Fsp3) is 0.500. The van der Waals surface area contributed by atoms with E-state index >= 15 is 0 Å². The van der Waals surface area contributed by atoms with Gasteiger partial charge in [-0.1, -0.05) is 34.1 Å². The van der Waals surface area contributed by atoms with E-state index in [0.29, 0.717) is 6.04 Å². The number of hydrogen-bond acceptors (Lipinski definition) is 3. The third kappa shape index (κ3) is 4.90. The van der Waals surface area contributed by atoms with E-state index in [2.05, 4.69) is 82.5 Å². The number of benzene rings is 2. The maximum absolute atomic E-state index is 5.88. The number of piperidine rings is 1. The zero-order chi connectivity index (χ0) is 19.5. The van der Waals surface area contributed by atoms with Gasteiger partial charge in [-0.15, -0.1) is 0 Å². The Balaban J connectivity index is 1.27. The van der Waals surface area contributed by atoms with Gasteiger partial charge in [-0.25, -0.2) is 0 Å². The highest BCUT2D eigenvalue weighted by Gasteiger charge is 2.25. The Morgan fingerprint density at radius 2 is 1.93 bits per heavy atom. The number of halogens is 1. The molecular weight excluding hydrogens is 412 g/mol. The quantitative estimate of drug-likeness (QED) is 0.636. The van der Waals surface area contributed by atoms with Crippen LogP contribution in [0.25, 0.3) is 0 Å². The lowest BCUT2D eigenvalue weighted by molar-refractivity contribution is 0.178. The highest BCUT2D eigenvalue weighted by Crippen LogP contribution is 2.30. The van der Waals surface area contributed by atoms with E-state index in [9.17, 15) is 0 Å². The molecule has 0 aliphatic carbocycles. The first kappa shape index (κ1) is 19.8. The summed E-state index contributed by atoms with van der Waals surface area (Å²) in [5, 5.41) is 3.70. The minimum absolute atomic E-state index is 0.215. The number of rotatable bonds is 6. The van der Waals surface area contributed by atoms with Gasteiger partial charge in [0.05, 0.1) is 6.10 Å². The Morgan fingerprint density at radius 3 is 2.68 bits per heavy atom. The Kier molecular flexibility index (Phi) is 6.27. The standard InChI is InChI=1S/C24H31BrN2O/c1-17(2)28-22-7-8-23(25)20(15-22)13-18-9-11-27(12-10-18)16-21-14-19-5-3-4-6-24(19)26-21/h3-8,15,17-18,21,26H,9-14,16H2,1-2H3. The van der Waals surface area contributed by atoms with Crippen LogP contribution in [0.3, 0.4) is 0 Å². The average Bonchev–Trinajstić information content (AvgIpc) is 3.08. The lowest BCUT2D eigenvalue weighted by Gasteiger charge is -2.33. The van der Waals surface area contributed by atoms with E-state index in [1.54, 1.807) is 0 Å². The van der Waals surface area contributed by atoms with Crippen molar-refractivity contribution in [2.45, 2.75) is 51.7 Å². The fourth-order valence-corrected chi connectivity index (χ4v) is 4.94. The number of nitrogens with one attached hydrogen (secondary N) is 1. The van der Waals surface area contributed by atoms with Crippen LogP contribution in [0.15, 0.2) is 46.9 Å². The largest absolute Gasteiger partial charge is 0.491 e. The SMILES string of the molecule is CC(C)Oc1ccc(Br)c(CC2CCN(CC3Cc4ccccc4N3)CC2)c1. The van der Waals surface area contributed by atoms with Crippen molar-refractivity contribution in [3.05, 3.63) is 58.1 Å². The summed E-state index contributed by atoms with van der Waals surface area (Å²) in [6.07, 6.45) is 5.07. The first-order valence-corrected chi connectivity index (χ1v) is 11.4. The molecule has 3 nitrogen and oxygen atoms in total. The molecule has 2 aliphatic heterocycles. The molecule has 1 atom stereocenters. The van der Waals surface area contributed by atoms with E-state index in [-0.39, 0.29) is 6.10 Å². The average molecular weight is 443 g/mol. The number of likely N-dealkylation sites (tertiary alicyclic amines) is 1. The molecule has 0 saturated carbocycles. The van der Waals surface area contributed by atoms with Crippen molar-refractivity contribution >= 4 is 21.6 Å². The van der Waals surface area contributed by atoms with E-state index < -0.39 is 0 Å². The predicted octanol–water partition coefficient (Wildman–Crippen LogP) is 5.53. The molecule has 28 heavy (non-hydrogen) atoms. The van der Waals surface area contributed by atoms with Gasteiger partial charge < -0.3 is 15.0 Å². The lowest BCUT2D eigenvalue weighted by Crippen LogP contribution is -2.41. The molecule has 0 amide bonds. The molecule has 2 aliphatic rings. The predicted molar refractivity (Wildman–Crippen MR) is 120 cm³/mol. The molecule has 0 radical (unpaired) electrons. The van der Waals surface area contributed by atoms with Crippen LogP contribution in [0, 0.1) is 5.92 Å². The van der Waals surface area contributed by atoms with Crippen LogP contribution in [0.4, 0.5) is 5.69 Å². The van der Waals surface area contributed by atoms with Gasteiger partial charge in [0.2, 0.25) is 0 Å². The van der Waals surface area contributed by atoms with Crippen LogP contribution in [-0.2, 0) is 12.8 Å². The number of fused-ring (bicyclic) bond motifs is 1. The van der Waals surface area contributed by atoms with Crippen LogP contribution < -0.4 is 10.1 Å². The van der Waals surface area contributed by atoms with Crippen LogP contribution >= 0.6 is 15.9 Å². The van der Waals surface area contributed by atoms with Crippen molar-refractivity contribution in [2.75, 3.05) is 25.0 Å². The molecule has 2 aromatic carbocycles. The monoisotopic (exact) mass is 442 g/mol. The number of nitrogens with zero attached hydrogens (tertiary/aromatic N) is 1. The summed E-state index contributed by atoms with van der Waals surface area (Å²) in [7, 11) is 0. The zero-order valence-corrected chi connectivity index (χ0v) is 18.5. The van der Waals surface area contributed by atoms with Crippen molar-refractivity contribution in [3.63, 3.8) is 0 Å². The molecular formula is C24H31BrN2O. The van der Waals surface area contributed by atoms with Gasteiger partial charge in [-0.05, 0) is 93.9 Å². The van der Waals surface area contributed by atoms with Gasteiger partial charge in [0.1, 0.15) is 5.75 Å². The second kappa shape index (κ2) is 8.87. The molecule has 4 heteroatoms. The minimum Gasteiger partial charge on any atom is -0.491 e. The second-order valence-corrected chi connectivity index (χ2v) is 9.42.